The van der Waals surface area contributed by atoms with Gasteiger partial charge in [0.1, 0.15) is 11.7 Å². The Labute approximate surface area is 140 Å². The van der Waals surface area contributed by atoms with Gasteiger partial charge in [-0.25, -0.2) is 0 Å². The number of nitrogens with zero attached hydrogens (tertiary/aromatic N) is 2. The fraction of sp³-hybridized carbons (Fsp3) is 0.353. The van der Waals surface area contributed by atoms with E-state index in [1.807, 2.05) is 38.1 Å². The van der Waals surface area contributed by atoms with Crippen molar-refractivity contribution in [2.45, 2.75) is 26.3 Å². The van der Waals surface area contributed by atoms with Crippen LogP contribution in [0.3, 0.4) is 0 Å². The summed E-state index contributed by atoms with van der Waals surface area (Å²) in [4.78, 5) is 26.5. The Morgan fingerprint density at radius 2 is 2.17 bits per heavy atom. The number of amides is 2. The number of aryl methyl sites for hydroxylation is 1. The van der Waals surface area contributed by atoms with Crippen molar-refractivity contribution in [2.24, 2.45) is 0 Å². The highest BCUT2D eigenvalue weighted by Crippen LogP contribution is 2.22. The van der Waals surface area contributed by atoms with Crippen LogP contribution in [0.15, 0.2) is 30.3 Å². The Morgan fingerprint density at radius 1 is 1.42 bits per heavy atom. The zero-order valence-electron chi connectivity index (χ0n) is 13.7. The summed E-state index contributed by atoms with van der Waals surface area (Å²) in [5.41, 5.74) is 2.27. The van der Waals surface area contributed by atoms with Crippen LogP contribution in [0.5, 0.6) is 5.88 Å². The van der Waals surface area contributed by atoms with Crippen LogP contribution in [0.1, 0.15) is 29.4 Å². The molecule has 0 radical (unpaired) electrons. The van der Waals surface area contributed by atoms with Crippen molar-refractivity contribution in [1.29, 1.82) is 0 Å². The monoisotopic (exact) mass is 328 g/mol. The molecule has 7 heteroatoms. The molecule has 24 heavy (non-hydrogen) atoms. The van der Waals surface area contributed by atoms with Gasteiger partial charge in [-0.15, -0.1) is 5.10 Å². The van der Waals surface area contributed by atoms with E-state index in [1.165, 1.54) is 6.07 Å². The van der Waals surface area contributed by atoms with E-state index in [2.05, 4.69) is 15.5 Å². The van der Waals surface area contributed by atoms with Crippen LogP contribution in [0, 0.1) is 6.92 Å². The number of benzene rings is 1. The lowest BCUT2D eigenvalue weighted by Crippen LogP contribution is -2.41. The van der Waals surface area contributed by atoms with Crippen molar-refractivity contribution >= 4 is 17.5 Å². The number of aromatic nitrogens is 2. The smallest absolute Gasteiger partial charge is 0.270 e. The maximum absolute atomic E-state index is 12.5. The number of hydrogen-bond donors (Lipinski definition) is 2. The van der Waals surface area contributed by atoms with Crippen LogP contribution in [0.25, 0.3) is 0 Å². The van der Waals surface area contributed by atoms with E-state index in [1.54, 1.807) is 4.90 Å². The third kappa shape index (κ3) is 3.24. The first kappa shape index (κ1) is 16.0. The van der Waals surface area contributed by atoms with Gasteiger partial charge in [-0.2, -0.15) is 0 Å². The van der Waals surface area contributed by atoms with Gasteiger partial charge < -0.3 is 15.0 Å². The Kier molecular flexibility index (Phi) is 4.50. The van der Waals surface area contributed by atoms with Crippen molar-refractivity contribution in [1.82, 2.24) is 15.5 Å². The van der Waals surface area contributed by atoms with E-state index in [9.17, 15) is 9.59 Å². The summed E-state index contributed by atoms with van der Waals surface area (Å²) in [5, 5.41) is 9.26. The average Bonchev–Trinajstić information content (AvgIpc) is 3.17. The molecule has 1 atom stereocenters. The van der Waals surface area contributed by atoms with Crippen molar-refractivity contribution in [2.75, 3.05) is 18.1 Å². The molecule has 0 bridgehead atoms. The molecule has 1 unspecified atom stereocenters. The molecule has 1 aliphatic rings. The zero-order chi connectivity index (χ0) is 17.1. The minimum atomic E-state index is -0.530. The first-order chi connectivity index (χ1) is 11.6. The molecule has 2 amide bonds. The number of hydrogen-bond acceptors (Lipinski definition) is 4. The van der Waals surface area contributed by atoms with Crippen LogP contribution < -0.4 is 15.0 Å². The topological polar surface area (TPSA) is 87.3 Å². The number of aromatic amines is 1. The molecule has 0 aliphatic carbocycles. The second-order valence-corrected chi connectivity index (χ2v) is 5.69. The molecule has 0 saturated carbocycles. The zero-order valence-corrected chi connectivity index (χ0v) is 13.7. The van der Waals surface area contributed by atoms with Gasteiger partial charge in [0.15, 0.2) is 0 Å². The van der Waals surface area contributed by atoms with Gasteiger partial charge in [0, 0.05) is 18.3 Å². The Morgan fingerprint density at radius 3 is 2.88 bits per heavy atom. The van der Waals surface area contributed by atoms with Gasteiger partial charge in [-0.1, -0.05) is 17.7 Å². The Bertz CT molecular complexity index is 739. The summed E-state index contributed by atoms with van der Waals surface area (Å²) in [6.45, 7) is 4.89. The summed E-state index contributed by atoms with van der Waals surface area (Å²) < 4.78 is 5.21. The number of carbonyl (C=O) groups is 2. The quantitative estimate of drug-likeness (QED) is 0.874. The highest BCUT2D eigenvalue weighted by molar-refractivity contribution is 6.03. The molecular formula is C17H20N4O3. The number of H-pyrrole nitrogens is 1. The minimum absolute atomic E-state index is 0.100. The van der Waals surface area contributed by atoms with Crippen molar-refractivity contribution in [3.63, 3.8) is 0 Å². The van der Waals surface area contributed by atoms with Crippen LogP contribution >= 0.6 is 0 Å². The second-order valence-electron chi connectivity index (χ2n) is 5.69. The number of ether oxygens (including phenoxy) is 1. The Balaban J connectivity index is 1.64. The van der Waals surface area contributed by atoms with Crippen LogP contribution in [0.2, 0.25) is 0 Å². The van der Waals surface area contributed by atoms with Crippen LogP contribution in [0.4, 0.5) is 5.69 Å². The second kappa shape index (κ2) is 6.74. The first-order valence-corrected chi connectivity index (χ1v) is 7.95. The number of rotatable bonds is 5. The average molecular weight is 328 g/mol. The third-order valence-corrected chi connectivity index (χ3v) is 3.95. The van der Waals surface area contributed by atoms with E-state index >= 15 is 0 Å². The highest BCUT2D eigenvalue weighted by Gasteiger charge is 2.34. The maximum Gasteiger partial charge on any atom is 0.270 e. The van der Waals surface area contributed by atoms with Gasteiger partial charge in [0.25, 0.3) is 5.91 Å². The number of anilines is 1. The van der Waals surface area contributed by atoms with E-state index in [0.29, 0.717) is 25.5 Å². The molecule has 1 aliphatic heterocycles. The lowest BCUT2D eigenvalue weighted by Gasteiger charge is -2.17. The van der Waals surface area contributed by atoms with Gasteiger partial charge in [-0.05, 0) is 32.4 Å². The van der Waals surface area contributed by atoms with E-state index in [0.717, 1.165) is 11.3 Å². The molecule has 126 valence electrons. The van der Waals surface area contributed by atoms with E-state index in [-0.39, 0.29) is 17.5 Å². The van der Waals surface area contributed by atoms with Crippen molar-refractivity contribution in [3.05, 3.63) is 41.6 Å². The summed E-state index contributed by atoms with van der Waals surface area (Å²) in [6.07, 6.45) is 0.574. The van der Waals surface area contributed by atoms with E-state index in [4.69, 9.17) is 4.74 Å². The molecule has 1 aromatic carbocycles. The molecule has 7 nitrogen and oxygen atoms in total. The summed E-state index contributed by atoms with van der Waals surface area (Å²) in [6, 6.07) is 8.76. The fourth-order valence-electron chi connectivity index (χ4n) is 2.67. The minimum Gasteiger partial charge on any atom is -0.477 e. The van der Waals surface area contributed by atoms with Crippen LogP contribution in [-0.2, 0) is 4.79 Å². The Hall–Kier alpha value is -2.83. The summed E-state index contributed by atoms with van der Waals surface area (Å²) in [7, 11) is 0. The largest absolute Gasteiger partial charge is 0.477 e. The molecule has 2 N–H and O–H groups in total. The molecular weight excluding hydrogens is 308 g/mol. The van der Waals surface area contributed by atoms with E-state index < -0.39 is 6.04 Å². The highest BCUT2D eigenvalue weighted by atomic mass is 16.5. The molecule has 1 saturated heterocycles. The first-order valence-electron chi connectivity index (χ1n) is 7.95. The normalized spacial score (nSPS) is 17.2. The van der Waals surface area contributed by atoms with Crippen molar-refractivity contribution in [3.8, 4) is 5.88 Å². The third-order valence-electron chi connectivity index (χ3n) is 3.95. The summed E-state index contributed by atoms with van der Waals surface area (Å²) >= 11 is 0. The van der Waals surface area contributed by atoms with Gasteiger partial charge in [0.05, 0.1) is 6.61 Å². The lowest BCUT2D eigenvalue weighted by molar-refractivity contribution is -0.118. The van der Waals surface area contributed by atoms with Gasteiger partial charge >= 0.3 is 0 Å². The van der Waals surface area contributed by atoms with Gasteiger partial charge in [-0.3, -0.25) is 14.7 Å². The predicted octanol–water partition coefficient (Wildman–Crippen LogP) is 1.65. The van der Waals surface area contributed by atoms with Gasteiger partial charge in [0.2, 0.25) is 11.8 Å². The molecule has 0 spiro atoms. The lowest BCUT2D eigenvalue weighted by atomic mass is 10.2. The van der Waals surface area contributed by atoms with Crippen LogP contribution in [-0.4, -0.2) is 41.2 Å². The maximum atomic E-state index is 12.5. The predicted molar refractivity (Wildman–Crippen MR) is 89.2 cm³/mol. The molecule has 1 aromatic heterocycles. The SMILES string of the molecule is CCOc1cc(C(=O)NC2CCN(c3ccc(C)cc3)C2=O)[nH]n1. The van der Waals surface area contributed by atoms with Crippen molar-refractivity contribution < 1.29 is 14.3 Å². The molecule has 3 rings (SSSR count). The fourth-order valence-corrected chi connectivity index (χ4v) is 2.67. The number of nitrogens with one attached hydrogen (secondary N) is 2. The molecule has 2 aromatic rings. The molecule has 2 heterocycles. The standard InChI is InChI=1S/C17H20N4O3/c1-3-24-15-10-14(19-20-15)16(22)18-13-8-9-21(17(13)23)12-6-4-11(2)5-7-12/h4-7,10,13H,3,8-9H2,1-2H3,(H,18,22)(H,19,20). The molecule has 1 fully saturated rings. The summed E-state index contributed by atoms with van der Waals surface area (Å²) in [5.74, 6) is -0.101. The number of carbonyl (C=O) groups excluding carboxylic acids is 2.